The van der Waals surface area contributed by atoms with Gasteiger partial charge in [-0.3, -0.25) is 9.59 Å². The number of para-hydroxylation sites is 1. The molecule has 0 aliphatic rings. The van der Waals surface area contributed by atoms with E-state index in [-0.39, 0.29) is 18.3 Å². The molecule has 1 amide bonds. The van der Waals surface area contributed by atoms with Gasteiger partial charge in [-0.2, -0.15) is 0 Å². The first-order valence-corrected chi connectivity index (χ1v) is 8.84. The number of nitrogens with one attached hydrogen (secondary N) is 1. The molecule has 0 unspecified atom stereocenters. The molecule has 142 valence electrons. The first-order valence-electron chi connectivity index (χ1n) is 8.84. The van der Waals surface area contributed by atoms with Gasteiger partial charge in [-0.25, -0.2) is 0 Å². The standard InChI is InChI=1S/C23H21NO4/c1-16(25)18-12-13-21(22(14-18)27-2)28-15-23(26)24-20-11-7-6-10-19(20)17-8-4-3-5-9-17/h3-14H,15H2,1-2H3,(H,24,26). The number of methoxy groups -OCH3 is 1. The van der Waals surface area contributed by atoms with Crippen molar-refractivity contribution in [2.24, 2.45) is 0 Å². The molecule has 0 fully saturated rings. The second-order valence-electron chi connectivity index (χ2n) is 6.17. The smallest absolute Gasteiger partial charge is 0.262 e. The van der Waals surface area contributed by atoms with Gasteiger partial charge in [-0.1, -0.05) is 48.5 Å². The number of amides is 1. The Bertz CT molecular complexity index is 983. The normalized spacial score (nSPS) is 10.2. The van der Waals surface area contributed by atoms with Crippen molar-refractivity contribution in [2.45, 2.75) is 6.92 Å². The van der Waals surface area contributed by atoms with Crippen molar-refractivity contribution in [3.8, 4) is 22.6 Å². The Kier molecular flexibility index (Phi) is 6.07. The van der Waals surface area contributed by atoms with Gasteiger partial charge in [0.15, 0.2) is 23.9 Å². The number of hydrogen-bond acceptors (Lipinski definition) is 4. The monoisotopic (exact) mass is 375 g/mol. The topological polar surface area (TPSA) is 64.6 Å². The predicted molar refractivity (Wildman–Crippen MR) is 109 cm³/mol. The van der Waals surface area contributed by atoms with Crippen LogP contribution >= 0.6 is 0 Å². The molecule has 5 nitrogen and oxygen atoms in total. The third-order valence-electron chi connectivity index (χ3n) is 4.21. The van der Waals surface area contributed by atoms with Gasteiger partial charge >= 0.3 is 0 Å². The average Bonchev–Trinajstić information content (AvgIpc) is 2.73. The summed E-state index contributed by atoms with van der Waals surface area (Å²) in [5.41, 5.74) is 3.17. The van der Waals surface area contributed by atoms with Crippen LogP contribution in [0.1, 0.15) is 17.3 Å². The summed E-state index contributed by atoms with van der Waals surface area (Å²) in [7, 11) is 1.49. The molecular weight excluding hydrogens is 354 g/mol. The van der Waals surface area contributed by atoms with Crippen LogP contribution in [0.25, 0.3) is 11.1 Å². The Hall–Kier alpha value is -3.60. The van der Waals surface area contributed by atoms with Crippen LogP contribution < -0.4 is 14.8 Å². The van der Waals surface area contributed by atoms with Crippen molar-refractivity contribution in [3.63, 3.8) is 0 Å². The van der Waals surface area contributed by atoms with E-state index in [1.807, 2.05) is 54.6 Å². The molecular formula is C23H21NO4. The lowest BCUT2D eigenvalue weighted by Crippen LogP contribution is -2.20. The zero-order valence-electron chi connectivity index (χ0n) is 15.8. The van der Waals surface area contributed by atoms with Crippen LogP contribution in [-0.4, -0.2) is 25.4 Å². The number of ketones is 1. The number of ether oxygens (including phenoxy) is 2. The van der Waals surface area contributed by atoms with Gasteiger partial charge in [-0.05, 0) is 36.8 Å². The second-order valence-corrected chi connectivity index (χ2v) is 6.17. The lowest BCUT2D eigenvalue weighted by Gasteiger charge is -2.13. The van der Waals surface area contributed by atoms with E-state index < -0.39 is 0 Å². The number of Topliss-reactive ketones (excluding diaryl/α,β-unsaturated/α-hetero) is 1. The fourth-order valence-electron chi connectivity index (χ4n) is 2.80. The fourth-order valence-corrected chi connectivity index (χ4v) is 2.80. The second kappa shape index (κ2) is 8.86. The van der Waals surface area contributed by atoms with Crippen molar-refractivity contribution in [3.05, 3.63) is 78.4 Å². The van der Waals surface area contributed by atoms with Crippen LogP contribution in [0.4, 0.5) is 5.69 Å². The first-order chi connectivity index (χ1) is 13.6. The van der Waals surface area contributed by atoms with Gasteiger partial charge < -0.3 is 14.8 Å². The third kappa shape index (κ3) is 4.57. The molecule has 0 saturated heterocycles. The van der Waals surface area contributed by atoms with E-state index >= 15 is 0 Å². The third-order valence-corrected chi connectivity index (χ3v) is 4.21. The van der Waals surface area contributed by atoms with E-state index in [4.69, 9.17) is 9.47 Å². The summed E-state index contributed by atoms with van der Waals surface area (Å²) < 4.78 is 10.8. The van der Waals surface area contributed by atoms with Gasteiger partial charge in [0.05, 0.1) is 7.11 Å². The molecule has 0 spiro atoms. The Morgan fingerprint density at radius 1 is 0.893 bits per heavy atom. The highest BCUT2D eigenvalue weighted by molar-refractivity contribution is 5.96. The highest BCUT2D eigenvalue weighted by atomic mass is 16.5. The SMILES string of the molecule is COc1cc(C(C)=O)ccc1OCC(=O)Nc1ccccc1-c1ccccc1. The molecule has 3 aromatic rings. The van der Waals surface area contributed by atoms with Gasteiger partial charge in [0.2, 0.25) is 0 Å². The van der Waals surface area contributed by atoms with E-state index in [0.717, 1.165) is 11.1 Å². The van der Waals surface area contributed by atoms with Crippen molar-refractivity contribution >= 4 is 17.4 Å². The molecule has 0 bridgehead atoms. The molecule has 1 N–H and O–H groups in total. The Labute approximate surface area is 163 Å². The molecule has 0 radical (unpaired) electrons. The molecule has 3 aromatic carbocycles. The molecule has 5 heteroatoms. The molecule has 3 rings (SSSR count). The first kappa shape index (κ1) is 19.2. The Morgan fingerprint density at radius 3 is 2.32 bits per heavy atom. The number of benzene rings is 3. The van der Waals surface area contributed by atoms with Gasteiger partial charge in [-0.15, -0.1) is 0 Å². The summed E-state index contributed by atoms with van der Waals surface area (Å²) in [6.07, 6.45) is 0. The zero-order chi connectivity index (χ0) is 19.9. The minimum atomic E-state index is -0.291. The van der Waals surface area contributed by atoms with Crippen LogP contribution in [0.2, 0.25) is 0 Å². The highest BCUT2D eigenvalue weighted by Crippen LogP contribution is 2.29. The quantitative estimate of drug-likeness (QED) is 0.614. The Balaban J connectivity index is 1.70. The molecule has 0 aromatic heterocycles. The fraction of sp³-hybridized carbons (Fsp3) is 0.130. The average molecular weight is 375 g/mol. The Morgan fingerprint density at radius 2 is 1.61 bits per heavy atom. The van der Waals surface area contributed by atoms with E-state index in [2.05, 4.69) is 5.32 Å². The number of anilines is 1. The summed E-state index contributed by atoms with van der Waals surface area (Å²) in [6.45, 7) is 1.30. The summed E-state index contributed by atoms with van der Waals surface area (Å²) in [4.78, 5) is 23.9. The van der Waals surface area contributed by atoms with Gasteiger partial charge in [0.1, 0.15) is 0 Å². The van der Waals surface area contributed by atoms with Gasteiger partial charge in [0.25, 0.3) is 5.91 Å². The van der Waals surface area contributed by atoms with E-state index in [0.29, 0.717) is 22.7 Å². The number of carbonyl (C=O) groups excluding carboxylic acids is 2. The maximum atomic E-state index is 12.4. The van der Waals surface area contributed by atoms with E-state index in [1.165, 1.54) is 14.0 Å². The lowest BCUT2D eigenvalue weighted by molar-refractivity contribution is -0.118. The predicted octanol–water partition coefficient (Wildman–Crippen LogP) is 4.58. The van der Waals surface area contributed by atoms with Crippen molar-refractivity contribution in [2.75, 3.05) is 19.0 Å². The summed E-state index contributed by atoms with van der Waals surface area (Å²) in [6, 6.07) is 22.3. The molecule has 0 saturated carbocycles. The molecule has 0 atom stereocenters. The van der Waals surface area contributed by atoms with Crippen LogP contribution in [0.15, 0.2) is 72.8 Å². The van der Waals surface area contributed by atoms with Crippen LogP contribution in [-0.2, 0) is 4.79 Å². The maximum Gasteiger partial charge on any atom is 0.262 e. The van der Waals surface area contributed by atoms with Gasteiger partial charge in [0, 0.05) is 16.8 Å². The summed E-state index contributed by atoms with van der Waals surface area (Å²) in [5, 5.41) is 2.89. The minimum absolute atomic E-state index is 0.0693. The van der Waals surface area contributed by atoms with E-state index in [1.54, 1.807) is 18.2 Å². The van der Waals surface area contributed by atoms with Crippen LogP contribution in [0.5, 0.6) is 11.5 Å². The highest BCUT2D eigenvalue weighted by Gasteiger charge is 2.12. The lowest BCUT2D eigenvalue weighted by atomic mass is 10.0. The van der Waals surface area contributed by atoms with Crippen LogP contribution in [0.3, 0.4) is 0 Å². The van der Waals surface area contributed by atoms with Crippen molar-refractivity contribution < 1.29 is 19.1 Å². The maximum absolute atomic E-state index is 12.4. The number of carbonyl (C=O) groups is 2. The van der Waals surface area contributed by atoms with Crippen molar-refractivity contribution in [1.29, 1.82) is 0 Å². The van der Waals surface area contributed by atoms with Crippen molar-refractivity contribution in [1.82, 2.24) is 0 Å². The molecule has 28 heavy (non-hydrogen) atoms. The number of hydrogen-bond donors (Lipinski definition) is 1. The molecule has 0 aliphatic heterocycles. The summed E-state index contributed by atoms with van der Waals surface area (Å²) in [5.74, 6) is 0.449. The van der Waals surface area contributed by atoms with Crippen LogP contribution in [0, 0.1) is 0 Å². The molecule has 0 aliphatic carbocycles. The minimum Gasteiger partial charge on any atom is -0.493 e. The summed E-state index contributed by atoms with van der Waals surface area (Å²) >= 11 is 0. The zero-order valence-corrected chi connectivity index (χ0v) is 15.8. The van der Waals surface area contributed by atoms with E-state index in [9.17, 15) is 9.59 Å². The molecule has 0 heterocycles. The number of rotatable bonds is 7. The largest absolute Gasteiger partial charge is 0.493 e.